The molecule has 0 aromatic heterocycles. The fourth-order valence-electron chi connectivity index (χ4n) is 2.61. The van der Waals surface area contributed by atoms with Crippen LogP contribution < -0.4 is 5.32 Å². The molecule has 22 heavy (non-hydrogen) atoms. The highest BCUT2D eigenvalue weighted by molar-refractivity contribution is 6.30. The minimum Gasteiger partial charge on any atom is -0.444 e. The van der Waals surface area contributed by atoms with Crippen LogP contribution in [-0.4, -0.2) is 35.7 Å². The molecule has 2 rings (SSSR count). The van der Waals surface area contributed by atoms with Gasteiger partial charge in [-0.2, -0.15) is 0 Å². The van der Waals surface area contributed by atoms with Gasteiger partial charge in [-0.05, 0) is 57.4 Å². The van der Waals surface area contributed by atoms with E-state index in [9.17, 15) is 4.79 Å². The number of benzene rings is 1. The Morgan fingerprint density at radius 1 is 1.32 bits per heavy atom. The van der Waals surface area contributed by atoms with E-state index >= 15 is 0 Å². The standard InChI is InChI=1S/C17H25ClN2O2/c1-12-11-20(16(21)22-17(2,3)4)10-9-15(12)19-14-7-5-13(18)6-8-14/h5-8,12,15,19H,9-11H2,1-4H3/t12-,15-/m1/s1. The third kappa shape index (κ3) is 4.80. The molecular weight excluding hydrogens is 300 g/mol. The molecule has 1 heterocycles. The van der Waals surface area contributed by atoms with E-state index in [0.29, 0.717) is 25.0 Å². The van der Waals surface area contributed by atoms with Crippen molar-refractivity contribution in [2.45, 2.75) is 45.8 Å². The van der Waals surface area contributed by atoms with Crippen LogP contribution in [0.5, 0.6) is 0 Å². The molecule has 1 fully saturated rings. The highest BCUT2D eigenvalue weighted by atomic mass is 35.5. The number of ether oxygens (including phenoxy) is 1. The lowest BCUT2D eigenvalue weighted by Gasteiger charge is -2.38. The lowest BCUT2D eigenvalue weighted by Crippen LogP contribution is -2.48. The molecule has 0 aliphatic carbocycles. The van der Waals surface area contributed by atoms with Crippen molar-refractivity contribution in [3.05, 3.63) is 29.3 Å². The van der Waals surface area contributed by atoms with Crippen molar-refractivity contribution in [3.63, 3.8) is 0 Å². The van der Waals surface area contributed by atoms with E-state index in [1.165, 1.54) is 0 Å². The summed E-state index contributed by atoms with van der Waals surface area (Å²) in [5, 5.41) is 4.26. The molecule has 1 amide bonds. The van der Waals surface area contributed by atoms with Crippen LogP contribution in [0.2, 0.25) is 5.02 Å². The summed E-state index contributed by atoms with van der Waals surface area (Å²) < 4.78 is 5.44. The Bertz CT molecular complexity index is 510. The monoisotopic (exact) mass is 324 g/mol. The van der Waals surface area contributed by atoms with Crippen molar-refractivity contribution in [2.75, 3.05) is 18.4 Å². The van der Waals surface area contributed by atoms with Crippen molar-refractivity contribution in [1.82, 2.24) is 4.90 Å². The molecule has 0 saturated carbocycles. The number of amides is 1. The zero-order valence-corrected chi connectivity index (χ0v) is 14.5. The summed E-state index contributed by atoms with van der Waals surface area (Å²) in [5.41, 5.74) is 0.616. The first kappa shape index (κ1) is 16.9. The van der Waals surface area contributed by atoms with Crippen LogP contribution in [0.15, 0.2) is 24.3 Å². The number of carbonyl (C=O) groups is 1. The van der Waals surface area contributed by atoms with E-state index in [0.717, 1.165) is 17.1 Å². The molecule has 4 nitrogen and oxygen atoms in total. The van der Waals surface area contributed by atoms with Crippen LogP contribution >= 0.6 is 11.6 Å². The molecule has 1 saturated heterocycles. The fraction of sp³-hybridized carbons (Fsp3) is 0.588. The van der Waals surface area contributed by atoms with Gasteiger partial charge in [-0.15, -0.1) is 0 Å². The molecule has 1 N–H and O–H groups in total. The van der Waals surface area contributed by atoms with Gasteiger partial charge in [0.1, 0.15) is 5.60 Å². The lowest BCUT2D eigenvalue weighted by molar-refractivity contribution is 0.0165. The Morgan fingerprint density at radius 3 is 2.50 bits per heavy atom. The van der Waals surface area contributed by atoms with Crippen LogP contribution in [0, 0.1) is 5.92 Å². The van der Waals surface area contributed by atoms with Gasteiger partial charge in [0.15, 0.2) is 0 Å². The Labute approximate surface area is 137 Å². The van der Waals surface area contributed by atoms with Crippen molar-refractivity contribution >= 4 is 23.4 Å². The molecule has 1 aliphatic heterocycles. The Morgan fingerprint density at radius 2 is 1.95 bits per heavy atom. The van der Waals surface area contributed by atoms with E-state index in [1.807, 2.05) is 45.0 Å². The normalized spacial score (nSPS) is 22.3. The molecule has 0 radical (unpaired) electrons. The summed E-state index contributed by atoms with van der Waals surface area (Å²) in [4.78, 5) is 13.9. The molecule has 2 atom stereocenters. The SMILES string of the molecule is C[C@@H]1CN(C(=O)OC(C)(C)C)CC[C@H]1Nc1ccc(Cl)cc1. The second kappa shape index (κ2) is 6.78. The first-order valence-electron chi connectivity index (χ1n) is 7.74. The number of halogens is 1. The highest BCUT2D eigenvalue weighted by Gasteiger charge is 2.31. The minimum atomic E-state index is -0.446. The van der Waals surface area contributed by atoms with Crippen LogP contribution in [0.1, 0.15) is 34.1 Å². The Balaban J connectivity index is 1.90. The molecule has 122 valence electrons. The van der Waals surface area contributed by atoms with Gasteiger partial charge in [0.05, 0.1) is 0 Å². The maximum Gasteiger partial charge on any atom is 0.410 e. The van der Waals surface area contributed by atoms with Crippen molar-refractivity contribution < 1.29 is 9.53 Å². The Hall–Kier alpha value is -1.42. The van der Waals surface area contributed by atoms with Gasteiger partial charge in [-0.25, -0.2) is 4.79 Å². The quantitative estimate of drug-likeness (QED) is 0.876. The van der Waals surface area contributed by atoms with Gasteiger partial charge in [-0.1, -0.05) is 18.5 Å². The first-order valence-corrected chi connectivity index (χ1v) is 8.12. The smallest absolute Gasteiger partial charge is 0.410 e. The number of piperidine rings is 1. The zero-order valence-electron chi connectivity index (χ0n) is 13.7. The second-order valence-electron chi connectivity index (χ2n) is 6.95. The van der Waals surface area contributed by atoms with Gasteiger partial charge in [-0.3, -0.25) is 0 Å². The summed E-state index contributed by atoms with van der Waals surface area (Å²) in [6.45, 7) is 9.25. The third-order valence-corrected chi connectivity index (χ3v) is 4.01. The van der Waals surface area contributed by atoms with E-state index in [-0.39, 0.29) is 6.09 Å². The van der Waals surface area contributed by atoms with Gasteiger partial charge in [0.2, 0.25) is 0 Å². The minimum absolute atomic E-state index is 0.218. The Kier molecular flexibility index (Phi) is 5.22. The molecule has 5 heteroatoms. The van der Waals surface area contributed by atoms with Crippen molar-refractivity contribution in [2.24, 2.45) is 5.92 Å². The highest BCUT2D eigenvalue weighted by Crippen LogP contribution is 2.23. The molecule has 1 aromatic carbocycles. The number of carbonyl (C=O) groups excluding carboxylic acids is 1. The third-order valence-electron chi connectivity index (χ3n) is 3.75. The molecule has 1 aliphatic rings. The lowest BCUT2D eigenvalue weighted by atomic mass is 9.94. The largest absolute Gasteiger partial charge is 0.444 e. The van der Waals surface area contributed by atoms with E-state index in [2.05, 4.69) is 12.2 Å². The van der Waals surface area contributed by atoms with Crippen LogP contribution in [0.4, 0.5) is 10.5 Å². The van der Waals surface area contributed by atoms with Crippen LogP contribution in [0.25, 0.3) is 0 Å². The van der Waals surface area contributed by atoms with Gasteiger partial charge < -0.3 is 15.0 Å². The maximum absolute atomic E-state index is 12.1. The predicted octanol–water partition coefficient (Wildman–Crippen LogP) is 4.40. The fourth-order valence-corrected chi connectivity index (χ4v) is 2.74. The van der Waals surface area contributed by atoms with E-state index in [4.69, 9.17) is 16.3 Å². The van der Waals surface area contributed by atoms with Gasteiger partial charge in [0.25, 0.3) is 0 Å². The summed E-state index contributed by atoms with van der Waals surface area (Å²) >= 11 is 5.90. The molecular formula is C17H25ClN2O2. The van der Waals surface area contributed by atoms with E-state index in [1.54, 1.807) is 4.90 Å². The van der Waals surface area contributed by atoms with E-state index < -0.39 is 5.60 Å². The number of hydrogen-bond donors (Lipinski definition) is 1. The molecule has 0 spiro atoms. The number of likely N-dealkylation sites (tertiary alicyclic amines) is 1. The maximum atomic E-state index is 12.1. The van der Waals surface area contributed by atoms with Crippen molar-refractivity contribution in [1.29, 1.82) is 0 Å². The average molecular weight is 325 g/mol. The number of nitrogens with one attached hydrogen (secondary N) is 1. The zero-order chi connectivity index (χ0) is 16.3. The number of anilines is 1. The molecule has 0 unspecified atom stereocenters. The number of rotatable bonds is 2. The molecule has 1 aromatic rings. The second-order valence-corrected chi connectivity index (χ2v) is 7.39. The van der Waals surface area contributed by atoms with Gasteiger partial charge >= 0.3 is 6.09 Å². The summed E-state index contributed by atoms with van der Waals surface area (Å²) in [6.07, 6.45) is 0.688. The summed E-state index contributed by atoms with van der Waals surface area (Å²) in [7, 11) is 0. The number of hydrogen-bond acceptors (Lipinski definition) is 3. The van der Waals surface area contributed by atoms with Gasteiger partial charge in [0, 0.05) is 29.8 Å². The van der Waals surface area contributed by atoms with Crippen molar-refractivity contribution in [3.8, 4) is 0 Å². The number of nitrogens with zero attached hydrogens (tertiary/aromatic N) is 1. The summed E-state index contributed by atoms with van der Waals surface area (Å²) in [6, 6.07) is 8.07. The predicted molar refractivity (Wildman–Crippen MR) is 90.5 cm³/mol. The molecule has 0 bridgehead atoms. The van der Waals surface area contributed by atoms with Crippen LogP contribution in [-0.2, 0) is 4.74 Å². The topological polar surface area (TPSA) is 41.6 Å². The average Bonchev–Trinajstić information content (AvgIpc) is 2.41. The summed E-state index contributed by atoms with van der Waals surface area (Å²) in [5.74, 6) is 0.358. The first-order chi connectivity index (χ1) is 10.2. The van der Waals surface area contributed by atoms with Crippen LogP contribution in [0.3, 0.4) is 0 Å².